The lowest BCUT2D eigenvalue weighted by atomic mass is 10.1. The average Bonchev–Trinajstić information content (AvgIpc) is 2.08. The fraction of sp³-hybridized carbons (Fsp3) is 0.222. The van der Waals surface area contributed by atoms with E-state index in [1.54, 1.807) is 6.07 Å². The molecule has 12 heavy (non-hydrogen) atoms. The van der Waals surface area contributed by atoms with Crippen LogP contribution in [0.2, 0.25) is 10.0 Å². The van der Waals surface area contributed by atoms with E-state index in [0.717, 1.165) is 5.56 Å². The van der Waals surface area contributed by atoms with Gasteiger partial charge in [0, 0.05) is 6.42 Å². The molecule has 0 spiro atoms. The molecule has 0 fully saturated rings. The van der Waals surface area contributed by atoms with Crippen molar-refractivity contribution in [3.8, 4) is 0 Å². The van der Waals surface area contributed by atoms with Crippen LogP contribution < -0.4 is 0 Å². The van der Waals surface area contributed by atoms with Gasteiger partial charge in [0.1, 0.15) is 0 Å². The Bertz CT molecular complexity index is 315. The Kier molecular flexibility index (Phi) is 3.40. The molecule has 62 valence electrons. The highest BCUT2D eigenvalue weighted by molar-refractivity contribution is 6.42. The first-order valence-electron chi connectivity index (χ1n) is 3.52. The lowest BCUT2D eigenvalue weighted by Gasteiger charge is -2.00. The number of halogens is 2. The monoisotopic (exact) mass is 199 g/mol. The Hall–Kier alpha value is -0.710. The summed E-state index contributed by atoms with van der Waals surface area (Å²) in [4.78, 5) is 3.25. The lowest BCUT2D eigenvalue weighted by molar-refractivity contribution is 1.08. The van der Waals surface area contributed by atoms with Gasteiger partial charge in [0.15, 0.2) is 0 Å². The minimum Gasteiger partial charge on any atom is -0.317 e. The largest absolute Gasteiger partial charge is 0.317 e. The standard InChI is InChI=1S/C9H7Cl2N/c1-12-6-5-7-3-2-4-8(10)9(7)11/h2-4H,5-6H2. The van der Waals surface area contributed by atoms with E-state index >= 15 is 0 Å². The quantitative estimate of drug-likeness (QED) is 0.644. The molecule has 0 saturated carbocycles. The molecule has 0 atom stereocenters. The van der Waals surface area contributed by atoms with E-state index in [1.807, 2.05) is 12.1 Å². The van der Waals surface area contributed by atoms with Crippen LogP contribution in [0.1, 0.15) is 5.56 Å². The molecule has 0 unspecified atom stereocenters. The van der Waals surface area contributed by atoms with Gasteiger partial charge in [0.2, 0.25) is 6.54 Å². The summed E-state index contributed by atoms with van der Waals surface area (Å²) in [6.07, 6.45) is 0.670. The minimum absolute atomic E-state index is 0.458. The van der Waals surface area contributed by atoms with Crippen LogP contribution in [0.15, 0.2) is 18.2 Å². The Morgan fingerprint density at radius 1 is 1.33 bits per heavy atom. The molecule has 1 nitrogen and oxygen atoms in total. The smallest absolute Gasteiger partial charge is 0.218 e. The van der Waals surface area contributed by atoms with Gasteiger partial charge in [-0.25, -0.2) is 6.57 Å². The second-order valence-corrected chi connectivity index (χ2v) is 3.13. The van der Waals surface area contributed by atoms with Crippen molar-refractivity contribution in [3.05, 3.63) is 45.2 Å². The van der Waals surface area contributed by atoms with Crippen molar-refractivity contribution in [2.75, 3.05) is 6.54 Å². The maximum atomic E-state index is 6.63. The molecule has 0 radical (unpaired) electrons. The van der Waals surface area contributed by atoms with Crippen LogP contribution in [0.3, 0.4) is 0 Å². The van der Waals surface area contributed by atoms with Gasteiger partial charge in [0.05, 0.1) is 10.0 Å². The molecule has 1 rings (SSSR count). The van der Waals surface area contributed by atoms with E-state index in [-0.39, 0.29) is 0 Å². The molecule has 0 aliphatic rings. The second kappa shape index (κ2) is 4.35. The van der Waals surface area contributed by atoms with Gasteiger partial charge in [-0.05, 0) is 11.6 Å². The van der Waals surface area contributed by atoms with Gasteiger partial charge >= 0.3 is 0 Å². The summed E-state index contributed by atoms with van der Waals surface area (Å²) in [7, 11) is 0. The highest BCUT2D eigenvalue weighted by Gasteiger charge is 2.04. The van der Waals surface area contributed by atoms with Crippen molar-refractivity contribution in [1.29, 1.82) is 0 Å². The zero-order chi connectivity index (χ0) is 8.97. The molecule has 0 amide bonds. The van der Waals surface area contributed by atoms with Crippen LogP contribution in [0.4, 0.5) is 0 Å². The van der Waals surface area contributed by atoms with E-state index in [4.69, 9.17) is 29.8 Å². The van der Waals surface area contributed by atoms with E-state index in [9.17, 15) is 0 Å². The van der Waals surface area contributed by atoms with Crippen molar-refractivity contribution in [3.63, 3.8) is 0 Å². The molecule has 0 aliphatic carbocycles. The van der Waals surface area contributed by atoms with Crippen LogP contribution in [0, 0.1) is 6.57 Å². The summed E-state index contributed by atoms with van der Waals surface area (Å²) >= 11 is 11.7. The molecule has 0 bridgehead atoms. The summed E-state index contributed by atoms with van der Waals surface area (Å²) < 4.78 is 0. The third kappa shape index (κ3) is 2.14. The summed E-state index contributed by atoms with van der Waals surface area (Å²) in [5.74, 6) is 0. The lowest BCUT2D eigenvalue weighted by Crippen LogP contribution is -1.88. The highest BCUT2D eigenvalue weighted by Crippen LogP contribution is 2.25. The van der Waals surface area contributed by atoms with Crippen LogP contribution >= 0.6 is 23.2 Å². The molecule has 1 aromatic rings. The number of rotatable bonds is 2. The van der Waals surface area contributed by atoms with Crippen LogP contribution in [0.25, 0.3) is 4.85 Å². The van der Waals surface area contributed by atoms with E-state index in [0.29, 0.717) is 23.0 Å². The van der Waals surface area contributed by atoms with E-state index in [2.05, 4.69) is 4.85 Å². The average molecular weight is 200 g/mol. The summed E-state index contributed by atoms with van der Waals surface area (Å²) in [6, 6.07) is 5.47. The fourth-order valence-electron chi connectivity index (χ4n) is 0.918. The third-order valence-electron chi connectivity index (χ3n) is 1.52. The van der Waals surface area contributed by atoms with Gasteiger partial charge in [-0.15, -0.1) is 0 Å². The number of hydrogen-bond acceptors (Lipinski definition) is 0. The zero-order valence-corrected chi connectivity index (χ0v) is 7.86. The Morgan fingerprint density at radius 2 is 2.08 bits per heavy atom. The molecule has 0 heterocycles. The molecule has 1 aromatic carbocycles. The second-order valence-electron chi connectivity index (χ2n) is 2.34. The van der Waals surface area contributed by atoms with Gasteiger partial charge in [-0.1, -0.05) is 35.3 Å². The first kappa shape index (κ1) is 9.38. The molecular formula is C9H7Cl2N. The predicted octanol–water partition coefficient (Wildman–Crippen LogP) is 3.46. The number of nitrogens with zero attached hydrogens (tertiary/aromatic N) is 1. The normalized spacial score (nSPS) is 9.42. The first-order valence-corrected chi connectivity index (χ1v) is 4.27. The molecule has 0 aromatic heterocycles. The predicted molar refractivity (Wildman–Crippen MR) is 51.6 cm³/mol. The maximum Gasteiger partial charge on any atom is 0.218 e. The number of hydrogen-bond donors (Lipinski definition) is 0. The van der Waals surface area contributed by atoms with Crippen molar-refractivity contribution < 1.29 is 0 Å². The Labute approximate surface area is 81.7 Å². The molecule has 0 N–H and O–H groups in total. The molecule has 3 heteroatoms. The number of benzene rings is 1. The fourth-order valence-corrected chi connectivity index (χ4v) is 1.33. The van der Waals surface area contributed by atoms with Crippen molar-refractivity contribution in [2.45, 2.75) is 6.42 Å². The summed E-state index contributed by atoms with van der Waals surface area (Å²) in [5, 5.41) is 1.13. The van der Waals surface area contributed by atoms with E-state index < -0.39 is 0 Å². The molecular weight excluding hydrogens is 193 g/mol. The highest BCUT2D eigenvalue weighted by atomic mass is 35.5. The molecule has 0 saturated heterocycles. The first-order chi connectivity index (χ1) is 5.75. The van der Waals surface area contributed by atoms with Crippen molar-refractivity contribution in [1.82, 2.24) is 0 Å². The van der Waals surface area contributed by atoms with Gasteiger partial charge < -0.3 is 4.85 Å². The summed E-state index contributed by atoms with van der Waals surface area (Å²) in [5.41, 5.74) is 0.945. The topological polar surface area (TPSA) is 4.36 Å². The van der Waals surface area contributed by atoms with E-state index in [1.165, 1.54) is 0 Å². The summed E-state index contributed by atoms with van der Waals surface area (Å²) in [6.45, 7) is 7.08. The SMILES string of the molecule is [C-]#[N+]CCc1cccc(Cl)c1Cl. The molecule has 0 aliphatic heterocycles. The maximum absolute atomic E-state index is 6.63. The zero-order valence-electron chi connectivity index (χ0n) is 6.35. The van der Waals surface area contributed by atoms with Crippen molar-refractivity contribution >= 4 is 23.2 Å². The third-order valence-corrected chi connectivity index (χ3v) is 2.38. The van der Waals surface area contributed by atoms with Crippen LogP contribution in [0.5, 0.6) is 0 Å². The van der Waals surface area contributed by atoms with Gasteiger partial charge in [0.25, 0.3) is 0 Å². The minimum atomic E-state index is 0.458. The van der Waals surface area contributed by atoms with Crippen molar-refractivity contribution in [2.24, 2.45) is 0 Å². The van der Waals surface area contributed by atoms with Gasteiger partial charge in [-0.2, -0.15) is 0 Å². The van der Waals surface area contributed by atoms with Crippen LogP contribution in [-0.4, -0.2) is 6.54 Å². The van der Waals surface area contributed by atoms with Crippen LogP contribution in [-0.2, 0) is 6.42 Å². The van der Waals surface area contributed by atoms with Gasteiger partial charge in [-0.3, -0.25) is 0 Å². The Morgan fingerprint density at radius 3 is 2.75 bits per heavy atom. The Balaban J connectivity index is 2.86.